The van der Waals surface area contributed by atoms with Crippen molar-refractivity contribution in [3.8, 4) is 5.75 Å². The predicted molar refractivity (Wildman–Crippen MR) is 119 cm³/mol. The average Bonchev–Trinajstić information content (AvgIpc) is 2.64. The third kappa shape index (κ3) is 4.74. The maximum absolute atomic E-state index is 12.4. The van der Waals surface area contributed by atoms with Crippen LogP contribution in [0, 0.1) is 3.57 Å². The highest BCUT2D eigenvalue weighted by molar-refractivity contribution is 14.1. The number of ether oxygens (including phenoxy) is 1. The number of benzene rings is 2. The van der Waals surface area contributed by atoms with Crippen molar-refractivity contribution in [2.75, 3.05) is 7.05 Å². The van der Waals surface area contributed by atoms with Gasteiger partial charge in [0.25, 0.3) is 11.8 Å². The van der Waals surface area contributed by atoms with Gasteiger partial charge in [0.2, 0.25) is 0 Å². The van der Waals surface area contributed by atoms with Gasteiger partial charge < -0.3 is 4.74 Å². The standard InChI is InChI=1S/C19H14BrIN2O3S/c1-23-18(25)15(17(24)22-19(23)27)9-12-8-13(20)4-7-16(12)26-10-11-2-5-14(21)6-3-11/h2-9H,10H2,1H3,(H,22,24,27). The molecule has 138 valence electrons. The Bertz CT molecular complexity index is 960. The summed E-state index contributed by atoms with van der Waals surface area (Å²) < 4.78 is 7.88. The van der Waals surface area contributed by atoms with E-state index in [1.807, 2.05) is 30.3 Å². The topological polar surface area (TPSA) is 58.6 Å². The minimum absolute atomic E-state index is 0.00307. The summed E-state index contributed by atoms with van der Waals surface area (Å²) in [5.41, 5.74) is 1.64. The Morgan fingerprint density at radius 3 is 2.63 bits per heavy atom. The van der Waals surface area contributed by atoms with Crippen LogP contribution < -0.4 is 10.1 Å². The first-order chi connectivity index (χ1) is 12.8. The van der Waals surface area contributed by atoms with E-state index in [0.717, 1.165) is 13.6 Å². The Kier molecular flexibility index (Phi) is 6.28. The molecule has 27 heavy (non-hydrogen) atoms. The number of nitrogens with one attached hydrogen (secondary N) is 1. The summed E-state index contributed by atoms with van der Waals surface area (Å²) in [6.45, 7) is 0.374. The van der Waals surface area contributed by atoms with Crippen LogP contribution in [-0.2, 0) is 16.2 Å². The van der Waals surface area contributed by atoms with Crippen LogP contribution in [0.4, 0.5) is 0 Å². The van der Waals surface area contributed by atoms with E-state index in [-0.39, 0.29) is 10.7 Å². The van der Waals surface area contributed by atoms with Crippen molar-refractivity contribution in [2.45, 2.75) is 6.61 Å². The molecule has 1 aliphatic heterocycles. The molecule has 1 aliphatic rings. The lowest BCUT2D eigenvalue weighted by atomic mass is 10.1. The molecule has 0 atom stereocenters. The largest absolute Gasteiger partial charge is 0.488 e. The van der Waals surface area contributed by atoms with Crippen molar-refractivity contribution in [3.63, 3.8) is 0 Å². The normalized spacial score (nSPS) is 15.9. The van der Waals surface area contributed by atoms with Crippen molar-refractivity contribution >= 4 is 73.7 Å². The summed E-state index contributed by atoms with van der Waals surface area (Å²) in [7, 11) is 1.52. The minimum Gasteiger partial charge on any atom is -0.488 e. The van der Waals surface area contributed by atoms with Gasteiger partial charge in [-0.3, -0.25) is 19.8 Å². The zero-order chi connectivity index (χ0) is 19.6. The van der Waals surface area contributed by atoms with Crippen LogP contribution in [0.1, 0.15) is 11.1 Å². The zero-order valence-electron chi connectivity index (χ0n) is 14.2. The van der Waals surface area contributed by atoms with E-state index < -0.39 is 11.8 Å². The highest BCUT2D eigenvalue weighted by Crippen LogP contribution is 2.27. The SMILES string of the molecule is CN1C(=O)C(=Cc2cc(Br)ccc2OCc2ccc(I)cc2)C(=O)NC1=S. The summed E-state index contributed by atoms with van der Waals surface area (Å²) in [6.07, 6.45) is 1.52. The number of nitrogens with zero attached hydrogens (tertiary/aromatic N) is 1. The van der Waals surface area contributed by atoms with Gasteiger partial charge in [-0.15, -0.1) is 0 Å². The zero-order valence-corrected chi connectivity index (χ0v) is 18.7. The lowest BCUT2D eigenvalue weighted by Crippen LogP contribution is -2.52. The highest BCUT2D eigenvalue weighted by atomic mass is 127. The molecule has 1 N–H and O–H groups in total. The van der Waals surface area contributed by atoms with E-state index in [4.69, 9.17) is 17.0 Å². The molecule has 2 aromatic rings. The van der Waals surface area contributed by atoms with Crippen molar-refractivity contribution in [2.24, 2.45) is 0 Å². The second-order valence-corrected chi connectivity index (χ2v) is 8.33. The molecule has 0 bridgehead atoms. The molecule has 5 nitrogen and oxygen atoms in total. The lowest BCUT2D eigenvalue weighted by molar-refractivity contribution is -0.128. The van der Waals surface area contributed by atoms with Crippen LogP contribution in [0.15, 0.2) is 52.5 Å². The number of carbonyl (C=O) groups excluding carboxylic acids is 2. The molecule has 2 amide bonds. The van der Waals surface area contributed by atoms with Gasteiger partial charge >= 0.3 is 0 Å². The molecular weight excluding hydrogens is 543 g/mol. The van der Waals surface area contributed by atoms with E-state index in [1.165, 1.54) is 18.0 Å². The fourth-order valence-corrected chi connectivity index (χ4v) is 3.32. The molecule has 0 unspecified atom stereocenters. The predicted octanol–water partition coefficient (Wildman–Crippen LogP) is 3.89. The van der Waals surface area contributed by atoms with Crippen molar-refractivity contribution in [1.29, 1.82) is 0 Å². The molecule has 0 aliphatic carbocycles. The lowest BCUT2D eigenvalue weighted by Gasteiger charge is -2.25. The highest BCUT2D eigenvalue weighted by Gasteiger charge is 2.31. The molecule has 2 aromatic carbocycles. The average molecular weight is 557 g/mol. The Morgan fingerprint density at radius 1 is 1.22 bits per heavy atom. The fraction of sp³-hybridized carbons (Fsp3) is 0.105. The Labute approximate surface area is 184 Å². The molecule has 0 aromatic heterocycles. The first-order valence-electron chi connectivity index (χ1n) is 7.87. The van der Waals surface area contributed by atoms with Crippen molar-refractivity contribution in [3.05, 3.63) is 67.2 Å². The van der Waals surface area contributed by atoms with Crippen LogP contribution in [0.3, 0.4) is 0 Å². The number of rotatable bonds is 4. The molecule has 1 saturated heterocycles. The van der Waals surface area contributed by atoms with E-state index >= 15 is 0 Å². The van der Waals surface area contributed by atoms with E-state index in [0.29, 0.717) is 17.9 Å². The monoisotopic (exact) mass is 556 g/mol. The maximum Gasteiger partial charge on any atom is 0.265 e. The first-order valence-corrected chi connectivity index (χ1v) is 10.1. The third-order valence-electron chi connectivity index (χ3n) is 3.88. The third-order valence-corrected chi connectivity index (χ3v) is 5.47. The molecule has 0 saturated carbocycles. The Hall–Kier alpha value is -1.78. The Balaban J connectivity index is 1.89. The number of thiocarbonyl (C=S) groups is 1. The molecule has 3 rings (SSSR count). The molecule has 1 heterocycles. The number of amides is 2. The quantitative estimate of drug-likeness (QED) is 0.269. The van der Waals surface area contributed by atoms with Crippen molar-refractivity contribution < 1.29 is 14.3 Å². The smallest absolute Gasteiger partial charge is 0.265 e. The molecule has 0 spiro atoms. The van der Waals surface area contributed by atoms with E-state index in [2.05, 4.69) is 43.8 Å². The van der Waals surface area contributed by atoms with Gasteiger partial charge in [0.15, 0.2) is 5.11 Å². The van der Waals surface area contributed by atoms with Crippen molar-refractivity contribution in [1.82, 2.24) is 10.2 Å². The molecule has 1 fully saturated rings. The van der Waals surface area contributed by atoms with Crippen LogP contribution in [0.5, 0.6) is 5.75 Å². The summed E-state index contributed by atoms with van der Waals surface area (Å²) in [6, 6.07) is 13.4. The number of hydrogen-bond donors (Lipinski definition) is 1. The Morgan fingerprint density at radius 2 is 1.93 bits per heavy atom. The van der Waals surface area contributed by atoms with Crippen LogP contribution in [0.25, 0.3) is 6.08 Å². The van der Waals surface area contributed by atoms with E-state index in [1.54, 1.807) is 12.1 Å². The van der Waals surface area contributed by atoms with Gasteiger partial charge in [0.1, 0.15) is 17.9 Å². The number of halogens is 2. The second-order valence-electron chi connectivity index (χ2n) is 5.78. The summed E-state index contributed by atoms with van der Waals surface area (Å²) in [4.78, 5) is 25.8. The maximum atomic E-state index is 12.4. The molecule has 8 heteroatoms. The van der Waals surface area contributed by atoms with Crippen LogP contribution >= 0.6 is 50.7 Å². The molecular formula is C19H14BrIN2O3S. The van der Waals surface area contributed by atoms with E-state index in [9.17, 15) is 9.59 Å². The van der Waals surface area contributed by atoms with Gasteiger partial charge in [0, 0.05) is 20.7 Å². The number of likely N-dealkylation sites (N-methyl/N-ethyl adjacent to an activating group) is 1. The van der Waals surface area contributed by atoms with Crippen LogP contribution in [-0.4, -0.2) is 28.9 Å². The summed E-state index contributed by atoms with van der Waals surface area (Å²) in [5.74, 6) is -0.403. The first kappa shape index (κ1) is 20.0. The minimum atomic E-state index is -0.522. The fourth-order valence-electron chi connectivity index (χ4n) is 2.41. The van der Waals surface area contributed by atoms with Gasteiger partial charge in [-0.2, -0.15) is 0 Å². The van der Waals surface area contributed by atoms with Gasteiger partial charge in [-0.1, -0.05) is 28.1 Å². The number of hydrogen-bond acceptors (Lipinski definition) is 4. The summed E-state index contributed by atoms with van der Waals surface area (Å²) >= 11 is 10.6. The van der Waals surface area contributed by atoms with Crippen LogP contribution in [0.2, 0.25) is 0 Å². The van der Waals surface area contributed by atoms with Gasteiger partial charge in [-0.25, -0.2) is 0 Å². The molecule has 0 radical (unpaired) electrons. The van der Waals surface area contributed by atoms with Gasteiger partial charge in [-0.05, 0) is 76.8 Å². The summed E-state index contributed by atoms with van der Waals surface area (Å²) in [5, 5.41) is 2.59. The number of carbonyl (C=O) groups is 2. The second kappa shape index (κ2) is 8.49. The van der Waals surface area contributed by atoms with Gasteiger partial charge in [0.05, 0.1) is 0 Å².